The van der Waals surface area contributed by atoms with E-state index in [1.807, 2.05) is 11.8 Å². The zero-order chi connectivity index (χ0) is 18.4. The van der Waals surface area contributed by atoms with Crippen LogP contribution in [0.3, 0.4) is 0 Å². The van der Waals surface area contributed by atoms with Gasteiger partial charge < -0.3 is 14.8 Å². The first kappa shape index (κ1) is 18.3. The van der Waals surface area contributed by atoms with Crippen LogP contribution in [0, 0.1) is 0 Å². The van der Waals surface area contributed by atoms with E-state index in [1.165, 1.54) is 0 Å². The maximum atomic E-state index is 12.6. The number of pyridine rings is 1. The van der Waals surface area contributed by atoms with Crippen molar-refractivity contribution >= 4 is 29.3 Å². The monoisotopic (exact) mass is 372 g/mol. The lowest BCUT2D eigenvalue weighted by atomic mass is 10.2. The van der Waals surface area contributed by atoms with E-state index >= 15 is 0 Å². The lowest BCUT2D eigenvalue weighted by Crippen LogP contribution is -2.20. The summed E-state index contributed by atoms with van der Waals surface area (Å²) in [4.78, 5) is 28.5. The molecule has 6 nitrogen and oxygen atoms in total. The summed E-state index contributed by atoms with van der Waals surface area (Å²) in [5.74, 6) is 1.63. The van der Waals surface area contributed by atoms with Crippen molar-refractivity contribution in [3.63, 3.8) is 0 Å². The summed E-state index contributed by atoms with van der Waals surface area (Å²) in [7, 11) is 0. The smallest absolute Gasteiger partial charge is 0.338 e. The van der Waals surface area contributed by atoms with Gasteiger partial charge in [-0.25, -0.2) is 9.78 Å². The number of carbonyl (C=O) groups excluding carboxylic acids is 2. The van der Waals surface area contributed by atoms with Crippen LogP contribution in [-0.2, 0) is 4.74 Å². The molecule has 1 aliphatic heterocycles. The average molecular weight is 372 g/mol. The Morgan fingerprint density at radius 1 is 1.27 bits per heavy atom. The highest BCUT2D eigenvalue weighted by Gasteiger charge is 2.21. The first-order valence-electron chi connectivity index (χ1n) is 8.45. The van der Waals surface area contributed by atoms with E-state index in [4.69, 9.17) is 9.47 Å². The minimum atomic E-state index is -0.386. The summed E-state index contributed by atoms with van der Waals surface area (Å²) < 4.78 is 10.8. The molecule has 1 fully saturated rings. The molecule has 1 saturated heterocycles. The van der Waals surface area contributed by atoms with E-state index in [9.17, 15) is 9.59 Å². The molecule has 1 amide bonds. The summed E-state index contributed by atoms with van der Waals surface area (Å²) in [5.41, 5.74) is 1.40. The second kappa shape index (κ2) is 8.71. The lowest BCUT2D eigenvalue weighted by molar-refractivity contribution is 0.0526. The standard InChI is InChI=1S/C19H20N2O4S/c1-2-24-19(23)13-5-7-14(8-6-13)21-17(22)16-4-3-10-20-18(16)25-15-9-11-26-12-15/h3-8,10,15H,2,9,11-12H2,1H3,(H,21,22)/t15-/m1/s1. The number of hydrogen-bond acceptors (Lipinski definition) is 6. The van der Waals surface area contributed by atoms with E-state index in [2.05, 4.69) is 10.3 Å². The van der Waals surface area contributed by atoms with Gasteiger partial charge in [-0.1, -0.05) is 0 Å². The number of ether oxygens (including phenoxy) is 2. The van der Waals surface area contributed by atoms with Gasteiger partial charge in [0.1, 0.15) is 11.7 Å². The third kappa shape index (κ3) is 4.54. The summed E-state index contributed by atoms with van der Waals surface area (Å²) in [6.07, 6.45) is 2.66. The quantitative estimate of drug-likeness (QED) is 0.783. The van der Waals surface area contributed by atoms with Gasteiger partial charge >= 0.3 is 5.97 Å². The Hall–Kier alpha value is -2.54. The van der Waals surface area contributed by atoms with Crippen LogP contribution in [0.4, 0.5) is 5.69 Å². The number of aromatic nitrogens is 1. The number of amides is 1. The lowest BCUT2D eigenvalue weighted by Gasteiger charge is -2.14. The van der Waals surface area contributed by atoms with E-state index in [-0.39, 0.29) is 18.0 Å². The number of nitrogens with one attached hydrogen (secondary N) is 1. The number of anilines is 1. The summed E-state index contributed by atoms with van der Waals surface area (Å²) >= 11 is 1.83. The highest BCUT2D eigenvalue weighted by molar-refractivity contribution is 7.99. The topological polar surface area (TPSA) is 77.5 Å². The van der Waals surface area contributed by atoms with Gasteiger partial charge in [0.25, 0.3) is 5.91 Å². The van der Waals surface area contributed by atoms with Crippen molar-refractivity contribution in [3.8, 4) is 5.88 Å². The van der Waals surface area contributed by atoms with Crippen molar-refractivity contribution in [2.24, 2.45) is 0 Å². The maximum absolute atomic E-state index is 12.6. The Labute approximate surface area is 156 Å². The van der Waals surface area contributed by atoms with Crippen LogP contribution >= 0.6 is 11.8 Å². The number of thioether (sulfide) groups is 1. The third-order valence-corrected chi connectivity index (χ3v) is 4.97. The Morgan fingerprint density at radius 3 is 2.77 bits per heavy atom. The van der Waals surface area contributed by atoms with Gasteiger partial charge in [-0.05, 0) is 55.5 Å². The zero-order valence-corrected chi connectivity index (χ0v) is 15.3. The molecular weight excluding hydrogens is 352 g/mol. The predicted octanol–water partition coefficient (Wildman–Crippen LogP) is 3.39. The molecule has 1 aromatic heterocycles. The molecular formula is C19H20N2O4S. The van der Waals surface area contributed by atoms with E-state index in [0.29, 0.717) is 29.3 Å². The van der Waals surface area contributed by atoms with Crippen LogP contribution in [0.5, 0.6) is 5.88 Å². The highest BCUT2D eigenvalue weighted by Crippen LogP contribution is 2.24. The molecule has 3 rings (SSSR count). The van der Waals surface area contributed by atoms with Crippen molar-refractivity contribution < 1.29 is 19.1 Å². The van der Waals surface area contributed by atoms with E-state index in [1.54, 1.807) is 49.5 Å². The Kier molecular flexibility index (Phi) is 6.12. The summed E-state index contributed by atoms with van der Waals surface area (Å²) in [6.45, 7) is 2.07. The van der Waals surface area contributed by atoms with E-state index < -0.39 is 0 Å². The number of rotatable bonds is 6. The second-order valence-electron chi connectivity index (χ2n) is 5.71. The molecule has 0 bridgehead atoms. The van der Waals surface area contributed by atoms with Crippen LogP contribution in [0.15, 0.2) is 42.6 Å². The zero-order valence-electron chi connectivity index (χ0n) is 14.4. The van der Waals surface area contributed by atoms with Gasteiger partial charge in [0.15, 0.2) is 0 Å². The molecule has 1 aromatic carbocycles. The average Bonchev–Trinajstić information content (AvgIpc) is 3.16. The van der Waals surface area contributed by atoms with Crippen molar-refractivity contribution in [3.05, 3.63) is 53.7 Å². The fraction of sp³-hybridized carbons (Fsp3) is 0.316. The number of benzene rings is 1. The molecule has 7 heteroatoms. The Bertz CT molecular complexity index is 773. The summed E-state index contributed by atoms with van der Waals surface area (Å²) in [5, 5.41) is 2.81. The maximum Gasteiger partial charge on any atom is 0.338 e. The first-order valence-corrected chi connectivity index (χ1v) is 9.61. The molecule has 1 atom stereocenters. The second-order valence-corrected chi connectivity index (χ2v) is 6.86. The fourth-order valence-electron chi connectivity index (χ4n) is 2.52. The van der Waals surface area contributed by atoms with Crippen LogP contribution in [0.1, 0.15) is 34.1 Å². The van der Waals surface area contributed by atoms with Gasteiger partial charge in [0.2, 0.25) is 5.88 Å². The molecule has 0 radical (unpaired) electrons. The number of carbonyl (C=O) groups is 2. The van der Waals surface area contributed by atoms with Crippen molar-refractivity contribution in [2.75, 3.05) is 23.4 Å². The van der Waals surface area contributed by atoms with Gasteiger partial charge in [-0.3, -0.25) is 4.79 Å². The minimum absolute atomic E-state index is 0.0883. The van der Waals surface area contributed by atoms with E-state index in [0.717, 1.165) is 17.9 Å². The number of hydrogen-bond donors (Lipinski definition) is 1. The SMILES string of the molecule is CCOC(=O)c1ccc(NC(=O)c2cccnc2O[C@@H]2CCSC2)cc1. The van der Waals surface area contributed by atoms with Crippen molar-refractivity contribution in [1.82, 2.24) is 4.98 Å². The largest absolute Gasteiger partial charge is 0.473 e. The van der Waals surface area contributed by atoms with Gasteiger partial charge in [-0.2, -0.15) is 11.8 Å². The minimum Gasteiger partial charge on any atom is -0.473 e. The van der Waals surface area contributed by atoms with Crippen LogP contribution in [0.2, 0.25) is 0 Å². The van der Waals surface area contributed by atoms with Gasteiger partial charge in [0.05, 0.1) is 12.2 Å². The number of nitrogens with zero attached hydrogens (tertiary/aromatic N) is 1. The van der Waals surface area contributed by atoms with Gasteiger partial charge in [0, 0.05) is 17.6 Å². The van der Waals surface area contributed by atoms with Crippen molar-refractivity contribution in [1.29, 1.82) is 0 Å². The Morgan fingerprint density at radius 2 is 2.08 bits per heavy atom. The molecule has 26 heavy (non-hydrogen) atoms. The molecule has 1 aliphatic rings. The highest BCUT2D eigenvalue weighted by atomic mass is 32.2. The Balaban J connectivity index is 1.69. The van der Waals surface area contributed by atoms with Gasteiger partial charge in [-0.15, -0.1) is 0 Å². The van der Waals surface area contributed by atoms with Crippen molar-refractivity contribution in [2.45, 2.75) is 19.4 Å². The molecule has 0 unspecified atom stereocenters. The van der Waals surface area contributed by atoms with Crippen LogP contribution < -0.4 is 10.1 Å². The van der Waals surface area contributed by atoms with Crippen LogP contribution in [-0.4, -0.2) is 41.1 Å². The predicted molar refractivity (Wildman–Crippen MR) is 101 cm³/mol. The third-order valence-electron chi connectivity index (χ3n) is 3.84. The molecule has 2 heterocycles. The normalized spacial score (nSPS) is 16.1. The molecule has 0 spiro atoms. The molecule has 0 saturated carbocycles. The number of esters is 1. The molecule has 0 aliphatic carbocycles. The fourth-order valence-corrected chi connectivity index (χ4v) is 3.62. The molecule has 1 N–H and O–H groups in total. The molecule has 136 valence electrons. The van der Waals surface area contributed by atoms with Crippen LogP contribution in [0.25, 0.3) is 0 Å². The molecule has 2 aromatic rings. The first-order chi connectivity index (χ1) is 12.7. The summed E-state index contributed by atoms with van der Waals surface area (Å²) in [6, 6.07) is 9.94.